The average molecular weight is 425 g/mol. The smallest absolute Gasteiger partial charge is 0.0720 e. The standard InChI is InChI=1S/C23H22Cl2N4/c24-15-3-5-17-19(7-11-28-21(17)13-15)23(27,9-1-2-10-26)20-8-12-29-22-14-16(25)4-6-18(20)22/h3-8,11-14H,1-2,9-10,26-27H2. The van der Waals surface area contributed by atoms with Gasteiger partial charge in [0, 0.05) is 33.2 Å². The molecule has 0 aliphatic heterocycles. The number of fused-ring (bicyclic) bond motifs is 2. The zero-order valence-corrected chi connectivity index (χ0v) is 17.4. The van der Waals surface area contributed by atoms with Crippen LogP contribution in [0.4, 0.5) is 0 Å². The minimum Gasteiger partial charge on any atom is -0.330 e. The molecule has 0 fully saturated rings. The van der Waals surface area contributed by atoms with E-state index >= 15 is 0 Å². The summed E-state index contributed by atoms with van der Waals surface area (Å²) in [5.41, 5.74) is 15.9. The van der Waals surface area contributed by atoms with Crippen molar-refractivity contribution in [3.63, 3.8) is 0 Å². The molecular weight excluding hydrogens is 403 g/mol. The van der Waals surface area contributed by atoms with Crippen molar-refractivity contribution in [1.82, 2.24) is 9.97 Å². The summed E-state index contributed by atoms with van der Waals surface area (Å²) >= 11 is 12.4. The van der Waals surface area contributed by atoms with Crippen LogP contribution in [0.25, 0.3) is 21.8 Å². The van der Waals surface area contributed by atoms with Crippen molar-refractivity contribution in [3.05, 3.63) is 82.1 Å². The highest BCUT2D eigenvalue weighted by atomic mass is 35.5. The molecule has 0 bridgehead atoms. The van der Waals surface area contributed by atoms with Crippen molar-refractivity contribution in [1.29, 1.82) is 0 Å². The van der Waals surface area contributed by atoms with Gasteiger partial charge in [-0.2, -0.15) is 0 Å². The van der Waals surface area contributed by atoms with Gasteiger partial charge < -0.3 is 11.5 Å². The Labute approximate surface area is 179 Å². The van der Waals surface area contributed by atoms with E-state index in [4.69, 9.17) is 34.7 Å². The molecule has 4 N–H and O–H groups in total. The van der Waals surface area contributed by atoms with Crippen LogP contribution in [-0.4, -0.2) is 16.5 Å². The Balaban J connectivity index is 1.98. The van der Waals surface area contributed by atoms with Crippen LogP contribution in [0.5, 0.6) is 0 Å². The summed E-state index contributed by atoms with van der Waals surface area (Å²) in [6.07, 6.45) is 6.13. The molecule has 0 unspecified atom stereocenters. The molecule has 4 nitrogen and oxygen atoms in total. The first-order valence-corrected chi connectivity index (χ1v) is 10.4. The van der Waals surface area contributed by atoms with Gasteiger partial charge in [0.1, 0.15) is 0 Å². The molecule has 4 rings (SSSR count). The monoisotopic (exact) mass is 424 g/mol. The van der Waals surface area contributed by atoms with Crippen LogP contribution in [0.3, 0.4) is 0 Å². The number of hydrogen-bond acceptors (Lipinski definition) is 4. The lowest BCUT2D eigenvalue weighted by atomic mass is 9.77. The summed E-state index contributed by atoms with van der Waals surface area (Å²) in [7, 11) is 0. The van der Waals surface area contributed by atoms with Gasteiger partial charge >= 0.3 is 0 Å². The highest BCUT2D eigenvalue weighted by Crippen LogP contribution is 2.39. The molecule has 0 aliphatic rings. The number of rotatable bonds is 6. The first kappa shape index (κ1) is 20.0. The molecule has 2 aromatic heterocycles. The topological polar surface area (TPSA) is 77.8 Å². The Hall–Kier alpha value is -2.24. The Morgan fingerprint density at radius 1 is 0.759 bits per heavy atom. The number of aromatic nitrogens is 2. The number of pyridine rings is 2. The van der Waals surface area contributed by atoms with E-state index in [-0.39, 0.29) is 0 Å². The third kappa shape index (κ3) is 3.81. The summed E-state index contributed by atoms with van der Waals surface area (Å²) in [5, 5.41) is 3.28. The fraction of sp³-hybridized carbons (Fsp3) is 0.217. The third-order valence-electron chi connectivity index (χ3n) is 5.40. The van der Waals surface area contributed by atoms with Gasteiger partial charge in [0.15, 0.2) is 0 Å². The second-order valence-corrected chi connectivity index (χ2v) is 8.13. The zero-order chi connectivity index (χ0) is 20.4. The molecule has 0 amide bonds. The molecule has 0 radical (unpaired) electrons. The van der Waals surface area contributed by atoms with Gasteiger partial charge in [-0.1, -0.05) is 35.3 Å². The molecule has 0 spiro atoms. The van der Waals surface area contributed by atoms with Crippen molar-refractivity contribution in [3.8, 4) is 0 Å². The fourth-order valence-corrected chi connectivity index (χ4v) is 4.32. The molecule has 29 heavy (non-hydrogen) atoms. The maximum Gasteiger partial charge on any atom is 0.0720 e. The zero-order valence-electron chi connectivity index (χ0n) is 15.9. The summed E-state index contributed by atoms with van der Waals surface area (Å²) < 4.78 is 0. The van der Waals surface area contributed by atoms with E-state index in [0.717, 1.165) is 52.2 Å². The van der Waals surface area contributed by atoms with Gasteiger partial charge in [-0.3, -0.25) is 9.97 Å². The largest absolute Gasteiger partial charge is 0.330 e. The molecule has 2 aromatic carbocycles. The van der Waals surface area contributed by atoms with Gasteiger partial charge in [0.2, 0.25) is 0 Å². The van der Waals surface area contributed by atoms with E-state index in [0.29, 0.717) is 16.6 Å². The van der Waals surface area contributed by atoms with E-state index in [1.54, 1.807) is 12.4 Å². The highest BCUT2D eigenvalue weighted by molar-refractivity contribution is 6.31. The van der Waals surface area contributed by atoms with E-state index in [2.05, 4.69) is 9.97 Å². The quantitative estimate of drug-likeness (QED) is 0.405. The van der Waals surface area contributed by atoms with Crippen molar-refractivity contribution < 1.29 is 0 Å². The lowest BCUT2D eigenvalue weighted by molar-refractivity contribution is 0.471. The van der Waals surface area contributed by atoms with Crippen molar-refractivity contribution >= 4 is 45.0 Å². The van der Waals surface area contributed by atoms with E-state index < -0.39 is 5.54 Å². The molecule has 0 saturated heterocycles. The number of benzene rings is 2. The van der Waals surface area contributed by atoms with Crippen LogP contribution in [0.1, 0.15) is 30.4 Å². The lowest BCUT2D eigenvalue weighted by Gasteiger charge is -2.33. The normalized spacial score (nSPS) is 12.0. The molecule has 4 aromatic rings. The molecule has 0 saturated carbocycles. The number of hydrogen-bond donors (Lipinski definition) is 2. The van der Waals surface area contributed by atoms with Crippen LogP contribution < -0.4 is 11.5 Å². The van der Waals surface area contributed by atoms with Gasteiger partial charge in [0.05, 0.1) is 16.6 Å². The number of halogens is 2. The Kier molecular flexibility index (Phi) is 5.70. The molecule has 0 atom stereocenters. The van der Waals surface area contributed by atoms with Crippen LogP contribution in [0, 0.1) is 0 Å². The minimum atomic E-state index is -0.737. The first-order chi connectivity index (χ1) is 14.0. The highest BCUT2D eigenvalue weighted by Gasteiger charge is 2.32. The lowest BCUT2D eigenvalue weighted by Crippen LogP contribution is -2.38. The van der Waals surface area contributed by atoms with Crippen LogP contribution >= 0.6 is 23.2 Å². The predicted molar refractivity (Wildman–Crippen MR) is 121 cm³/mol. The van der Waals surface area contributed by atoms with Crippen molar-refractivity contribution in [2.24, 2.45) is 11.5 Å². The maximum atomic E-state index is 7.23. The predicted octanol–water partition coefficient (Wildman–Crippen LogP) is 5.42. The van der Waals surface area contributed by atoms with Crippen LogP contribution in [0.15, 0.2) is 60.9 Å². The molecule has 148 valence electrons. The van der Waals surface area contributed by atoms with Crippen molar-refractivity contribution in [2.45, 2.75) is 24.8 Å². The molecule has 0 aliphatic carbocycles. The minimum absolute atomic E-state index is 0.634. The summed E-state index contributed by atoms with van der Waals surface area (Å²) in [4.78, 5) is 8.98. The van der Waals surface area contributed by atoms with E-state index in [9.17, 15) is 0 Å². The number of nitrogens with zero attached hydrogens (tertiary/aromatic N) is 2. The van der Waals surface area contributed by atoms with Crippen molar-refractivity contribution in [2.75, 3.05) is 6.54 Å². The molecular formula is C23H22Cl2N4. The van der Waals surface area contributed by atoms with Crippen LogP contribution in [-0.2, 0) is 5.54 Å². The summed E-state index contributed by atoms with van der Waals surface area (Å²) in [5.74, 6) is 0. The Morgan fingerprint density at radius 2 is 1.28 bits per heavy atom. The van der Waals surface area contributed by atoms with E-state index in [1.807, 2.05) is 48.5 Å². The molecule has 2 heterocycles. The Morgan fingerprint density at radius 3 is 1.76 bits per heavy atom. The second-order valence-electron chi connectivity index (χ2n) is 7.26. The van der Waals surface area contributed by atoms with E-state index in [1.165, 1.54) is 0 Å². The Bertz CT molecular complexity index is 1090. The van der Waals surface area contributed by atoms with Gasteiger partial charge in [-0.05, 0) is 73.3 Å². The second kappa shape index (κ2) is 8.25. The average Bonchev–Trinajstić information content (AvgIpc) is 2.72. The fourth-order valence-electron chi connectivity index (χ4n) is 3.98. The maximum absolute atomic E-state index is 7.23. The van der Waals surface area contributed by atoms with Crippen LogP contribution in [0.2, 0.25) is 10.0 Å². The molecule has 6 heteroatoms. The van der Waals surface area contributed by atoms with Gasteiger partial charge in [0.25, 0.3) is 0 Å². The first-order valence-electron chi connectivity index (χ1n) is 9.61. The summed E-state index contributed by atoms with van der Waals surface area (Å²) in [6, 6.07) is 15.5. The van der Waals surface area contributed by atoms with Gasteiger partial charge in [-0.15, -0.1) is 0 Å². The number of unbranched alkanes of at least 4 members (excludes halogenated alkanes) is 1. The van der Waals surface area contributed by atoms with Gasteiger partial charge in [-0.25, -0.2) is 0 Å². The summed E-state index contributed by atoms with van der Waals surface area (Å²) in [6.45, 7) is 0.634. The third-order valence-corrected chi connectivity index (χ3v) is 5.87. The number of nitrogens with two attached hydrogens (primary N) is 2. The SMILES string of the molecule is NCCCCC(N)(c1ccnc2cc(Cl)ccc12)c1ccnc2cc(Cl)ccc12.